The Morgan fingerprint density at radius 1 is 1.03 bits per heavy atom. The quantitative estimate of drug-likeness (QED) is 0.370. The van der Waals surface area contributed by atoms with Crippen LogP contribution in [0.1, 0.15) is 24.5 Å². The summed E-state index contributed by atoms with van der Waals surface area (Å²) in [5.74, 6) is 0.442. The van der Waals surface area contributed by atoms with Gasteiger partial charge in [-0.3, -0.25) is 14.5 Å². The third kappa shape index (κ3) is 4.30. The van der Waals surface area contributed by atoms with Crippen LogP contribution in [0.4, 0.5) is 4.79 Å². The Morgan fingerprint density at radius 2 is 1.80 bits per heavy atom. The van der Waals surface area contributed by atoms with Crippen LogP contribution in [0.3, 0.4) is 0 Å². The van der Waals surface area contributed by atoms with Crippen LogP contribution < -0.4 is 4.74 Å². The highest BCUT2D eigenvalue weighted by Gasteiger charge is 2.34. The number of imide groups is 1. The van der Waals surface area contributed by atoms with Gasteiger partial charge < -0.3 is 4.74 Å². The van der Waals surface area contributed by atoms with Crippen molar-refractivity contribution in [2.45, 2.75) is 20.0 Å². The van der Waals surface area contributed by atoms with Crippen LogP contribution in [-0.2, 0) is 11.4 Å². The first-order valence-electron chi connectivity index (χ1n) is 9.71. The van der Waals surface area contributed by atoms with Gasteiger partial charge in [0.1, 0.15) is 12.4 Å². The summed E-state index contributed by atoms with van der Waals surface area (Å²) in [6.07, 6.45) is 2.53. The molecule has 4 rings (SSSR count). The summed E-state index contributed by atoms with van der Waals surface area (Å²) in [4.78, 5) is 26.7. The Kier molecular flexibility index (Phi) is 6.25. The zero-order valence-corrected chi connectivity index (χ0v) is 18.8. The van der Waals surface area contributed by atoms with E-state index in [1.807, 2.05) is 67.6 Å². The lowest BCUT2D eigenvalue weighted by Crippen LogP contribution is -2.28. The molecule has 0 spiro atoms. The molecule has 3 aromatic carbocycles. The fraction of sp³-hybridized carbons (Fsp3) is 0.167. The molecule has 1 fully saturated rings. The Balaban J connectivity index is 1.71. The molecule has 0 atom stereocenters. The van der Waals surface area contributed by atoms with Crippen molar-refractivity contribution in [3.8, 4) is 5.75 Å². The van der Waals surface area contributed by atoms with Crippen LogP contribution in [0.15, 0.2) is 70.0 Å². The molecule has 0 saturated carbocycles. The van der Waals surface area contributed by atoms with Gasteiger partial charge in [0, 0.05) is 16.6 Å². The summed E-state index contributed by atoms with van der Waals surface area (Å²) < 4.78 is 7.15. The molecule has 4 nitrogen and oxygen atoms in total. The average Bonchev–Trinajstić information content (AvgIpc) is 3.02. The van der Waals surface area contributed by atoms with Crippen molar-refractivity contribution in [1.29, 1.82) is 0 Å². The first-order valence-corrected chi connectivity index (χ1v) is 11.3. The highest BCUT2D eigenvalue weighted by atomic mass is 79.9. The maximum atomic E-state index is 12.7. The summed E-state index contributed by atoms with van der Waals surface area (Å²) in [6.45, 7) is 2.79. The van der Waals surface area contributed by atoms with Crippen LogP contribution in [0, 0.1) is 0 Å². The number of carbonyl (C=O) groups excluding carboxylic acids is 2. The molecule has 0 radical (unpaired) electrons. The minimum absolute atomic E-state index is 0.217. The molecule has 0 aromatic heterocycles. The number of nitrogens with zero attached hydrogens (tertiary/aromatic N) is 1. The van der Waals surface area contributed by atoms with Gasteiger partial charge in [-0.1, -0.05) is 65.3 Å². The zero-order chi connectivity index (χ0) is 21.1. The number of benzene rings is 3. The Labute approximate surface area is 188 Å². The van der Waals surface area contributed by atoms with Gasteiger partial charge in [0.25, 0.3) is 11.1 Å². The number of thioether (sulfide) groups is 1. The number of hydrogen-bond acceptors (Lipinski definition) is 4. The summed E-state index contributed by atoms with van der Waals surface area (Å²) >= 11 is 4.43. The average molecular weight is 482 g/mol. The molecule has 3 aromatic rings. The maximum absolute atomic E-state index is 12.7. The van der Waals surface area contributed by atoms with Crippen LogP contribution in [0.5, 0.6) is 5.75 Å². The van der Waals surface area contributed by atoms with Crippen molar-refractivity contribution in [3.63, 3.8) is 0 Å². The molecular formula is C24H20BrNO3S. The monoisotopic (exact) mass is 481 g/mol. The second kappa shape index (κ2) is 9.06. The van der Waals surface area contributed by atoms with Gasteiger partial charge in [-0.15, -0.1) is 0 Å². The molecule has 30 heavy (non-hydrogen) atoms. The fourth-order valence-corrected chi connectivity index (χ4v) is 4.45. The summed E-state index contributed by atoms with van der Waals surface area (Å²) in [5.41, 5.74) is 1.85. The number of halogens is 1. The number of amides is 2. The first kappa shape index (κ1) is 20.7. The number of carbonyl (C=O) groups is 2. The Morgan fingerprint density at radius 3 is 2.57 bits per heavy atom. The molecule has 1 saturated heterocycles. The summed E-state index contributed by atoms with van der Waals surface area (Å²) in [6, 6.07) is 19.8. The topological polar surface area (TPSA) is 46.6 Å². The molecule has 0 unspecified atom stereocenters. The van der Waals surface area contributed by atoms with Gasteiger partial charge in [0.2, 0.25) is 0 Å². The Bertz CT molecular complexity index is 1140. The second-order valence-electron chi connectivity index (χ2n) is 6.95. The van der Waals surface area contributed by atoms with Crippen molar-refractivity contribution in [3.05, 3.63) is 81.2 Å². The fourth-order valence-electron chi connectivity index (χ4n) is 3.34. The predicted molar refractivity (Wildman–Crippen MR) is 125 cm³/mol. The van der Waals surface area contributed by atoms with Gasteiger partial charge in [-0.2, -0.15) is 0 Å². The minimum atomic E-state index is -0.237. The van der Waals surface area contributed by atoms with Gasteiger partial charge in [-0.25, -0.2) is 0 Å². The van der Waals surface area contributed by atoms with E-state index in [1.165, 1.54) is 4.90 Å². The van der Waals surface area contributed by atoms with E-state index in [0.29, 0.717) is 23.8 Å². The standard InChI is InChI=1S/C24H20BrNO3S/c1-2-13-26-23(27)22(30-24(26)28)14-20-19-6-4-3-5-17(19)9-12-21(20)29-15-16-7-10-18(25)11-8-16/h3-12,14H,2,13,15H2,1H3/b22-14+. The highest BCUT2D eigenvalue weighted by molar-refractivity contribution is 9.10. The summed E-state index contributed by atoms with van der Waals surface area (Å²) in [7, 11) is 0. The van der Waals surface area contributed by atoms with Gasteiger partial charge in [0.15, 0.2) is 0 Å². The molecule has 0 aliphatic carbocycles. The van der Waals surface area contributed by atoms with E-state index < -0.39 is 0 Å². The van der Waals surface area contributed by atoms with Crippen molar-refractivity contribution in [2.24, 2.45) is 0 Å². The zero-order valence-electron chi connectivity index (χ0n) is 16.4. The van der Waals surface area contributed by atoms with E-state index >= 15 is 0 Å². The van der Waals surface area contributed by atoms with Crippen LogP contribution in [-0.4, -0.2) is 22.6 Å². The number of fused-ring (bicyclic) bond motifs is 1. The largest absolute Gasteiger partial charge is 0.488 e. The van der Waals surface area contributed by atoms with Crippen molar-refractivity contribution < 1.29 is 14.3 Å². The SMILES string of the molecule is CCCN1C(=O)S/C(=C/c2c(OCc3ccc(Br)cc3)ccc3ccccc23)C1=O. The molecule has 0 N–H and O–H groups in total. The molecule has 152 valence electrons. The van der Waals surface area contributed by atoms with E-state index in [2.05, 4.69) is 15.9 Å². The van der Waals surface area contributed by atoms with Crippen molar-refractivity contribution in [2.75, 3.05) is 6.54 Å². The van der Waals surface area contributed by atoms with E-state index in [-0.39, 0.29) is 11.1 Å². The molecule has 6 heteroatoms. The minimum Gasteiger partial charge on any atom is -0.488 e. The normalized spacial score (nSPS) is 15.4. The van der Waals surface area contributed by atoms with Crippen molar-refractivity contribution in [1.82, 2.24) is 4.90 Å². The van der Waals surface area contributed by atoms with E-state index in [1.54, 1.807) is 6.08 Å². The second-order valence-corrected chi connectivity index (χ2v) is 8.86. The summed E-state index contributed by atoms with van der Waals surface area (Å²) in [5, 5.41) is 1.81. The third-order valence-corrected chi connectivity index (χ3v) is 6.27. The van der Waals surface area contributed by atoms with Crippen molar-refractivity contribution >= 4 is 55.7 Å². The number of ether oxygens (including phenoxy) is 1. The third-order valence-electron chi connectivity index (χ3n) is 4.83. The molecular weight excluding hydrogens is 462 g/mol. The number of rotatable bonds is 6. The van der Waals surface area contributed by atoms with Crippen LogP contribution in [0.25, 0.3) is 16.8 Å². The van der Waals surface area contributed by atoms with Gasteiger partial charge >= 0.3 is 0 Å². The molecule has 1 aliphatic heterocycles. The molecule has 1 aliphatic rings. The lowest BCUT2D eigenvalue weighted by atomic mass is 10.0. The van der Waals surface area contributed by atoms with Gasteiger partial charge in [0.05, 0.1) is 4.91 Å². The molecule has 1 heterocycles. The van der Waals surface area contributed by atoms with Crippen LogP contribution in [0.2, 0.25) is 0 Å². The van der Waals surface area contributed by atoms with E-state index in [4.69, 9.17) is 4.74 Å². The number of hydrogen-bond donors (Lipinski definition) is 0. The highest BCUT2D eigenvalue weighted by Crippen LogP contribution is 2.37. The first-order chi connectivity index (χ1) is 14.6. The van der Waals surface area contributed by atoms with E-state index in [9.17, 15) is 9.59 Å². The van der Waals surface area contributed by atoms with Crippen LogP contribution >= 0.6 is 27.7 Å². The molecule has 0 bridgehead atoms. The van der Waals surface area contributed by atoms with E-state index in [0.717, 1.165) is 44.6 Å². The Hall–Kier alpha value is -2.57. The maximum Gasteiger partial charge on any atom is 0.293 e. The van der Waals surface area contributed by atoms with Gasteiger partial charge in [-0.05, 0) is 58.8 Å². The smallest absolute Gasteiger partial charge is 0.293 e. The predicted octanol–water partition coefficient (Wildman–Crippen LogP) is 6.63. The lowest BCUT2D eigenvalue weighted by molar-refractivity contribution is -0.122. The lowest BCUT2D eigenvalue weighted by Gasteiger charge is -2.13. The molecule has 2 amide bonds.